The van der Waals surface area contributed by atoms with Crippen LogP contribution in [0.3, 0.4) is 0 Å². The smallest absolute Gasteiger partial charge is 0.322 e. The van der Waals surface area contributed by atoms with E-state index in [0.29, 0.717) is 11.0 Å². The van der Waals surface area contributed by atoms with Crippen molar-refractivity contribution in [3.63, 3.8) is 0 Å². The molecular formula is C14H10BrN3O5. The minimum Gasteiger partial charge on any atom is -0.322 e. The highest BCUT2D eigenvalue weighted by Crippen LogP contribution is 2.27. The molecule has 8 nitrogen and oxygen atoms in total. The first kappa shape index (κ1) is 16.6. The Morgan fingerprint density at radius 2 is 1.61 bits per heavy atom. The van der Waals surface area contributed by atoms with E-state index in [1.54, 1.807) is 12.1 Å². The number of nitrogens with zero attached hydrogens (tertiary/aromatic N) is 2. The molecule has 0 radical (unpaired) electrons. The van der Waals surface area contributed by atoms with Gasteiger partial charge >= 0.3 is 11.4 Å². The third-order valence-electron chi connectivity index (χ3n) is 3.00. The van der Waals surface area contributed by atoms with E-state index < -0.39 is 27.1 Å². The summed E-state index contributed by atoms with van der Waals surface area (Å²) in [5.74, 6) is -0.588. The summed E-state index contributed by atoms with van der Waals surface area (Å²) in [7, 11) is 0. The van der Waals surface area contributed by atoms with E-state index in [1.807, 2.05) is 12.1 Å². The van der Waals surface area contributed by atoms with E-state index in [-0.39, 0.29) is 5.56 Å². The molecular weight excluding hydrogens is 370 g/mol. The fourth-order valence-electron chi connectivity index (χ4n) is 1.85. The lowest BCUT2D eigenvalue weighted by molar-refractivity contribution is -0.422. The number of amides is 1. The summed E-state index contributed by atoms with van der Waals surface area (Å²) < 4.78 is 0. The van der Waals surface area contributed by atoms with Gasteiger partial charge in [0.15, 0.2) is 0 Å². The molecule has 1 N–H and O–H groups in total. The second-order valence-electron chi connectivity index (χ2n) is 4.50. The molecule has 2 aromatic carbocycles. The van der Waals surface area contributed by atoms with Gasteiger partial charge in [-0.15, -0.1) is 0 Å². The predicted octanol–water partition coefficient (Wildman–Crippen LogP) is 3.65. The van der Waals surface area contributed by atoms with Crippen LogP contribution >= 0.6 is 15.9 Å². The second-order valence-corrected chi connectivity index (χ2v) is 5.06. The van der Waals surface area contributed by atoms with Gasteiger partial charge in [-0.1, -0.05) is 28.1 Å². The number of nitro groups is 2. The van der Waals surface area contributed by atoms with Crippen molar-refractivity contribution in [2.24, 2.45) is 0 Å². The number of nitro benzene ring substituents is 2. The molecule has 0 bridgehead atoms. The molecule has 0 saturated heterocycles. The summed E-state index contributed by atoms with van der Waals surface area (Å²) in [4.78, 5) is 32.0. The zero-order valence-corrected chi connectivity index (χ0v) is 13.1. The first-order valence-corrected chi connectivity index (χ1v) is 7.43. The highest BCUT2D eigenvalue weighted by molar-refractivity contribution is 9.08. The number of alkyl halides is 1. The van der Waals surface area contributed by atoms with Crippen LogP contribution in [0.1, 0.15) is 15.9 Å². The van der Waals surface area contributed by atoms with Gasteiger partial charge in [-0.2, -0.15) is 0 Å². The third-order valence-corrected chi connectivity index (χ3v) is 3.64. The first-order chi connectivity index (χ1) is 10.9. The second kappa shape index (κ2) is 6.97. The molecule has 0 aromatic heterocycles. The van der Waals surface area contributed by atoms with Crippen molar-refractivity contribution >= 4 is 38.9 Å². The molecule has 9 heteroatoms. The van der Waals surface area contributed by atoms with Crippen LogP contribution in [0, 0.1) is 20.2 Å². The van der Waals surface area contributed by atoms with Crippen LogP contribution < -0.4 is 5.32 Å². The molecule has 0 aliphatic carbocycles. The van der Waals surface area contributed by atoms with Crippen molar-refractivity contribution in [1.82, 2.24) is 0 Å². The molecule has 1 amide bonds. The summed E-state index contributed by atoms with van der Waals surface area (Å²) in [6.45, 7) is 0. The SMILES string of the molecule is O=C(Nc1ccc(CBr)cc1)c1ccc([N+](=O)[O-])c([N+](=O)[O-])c1. The van der Waals surface area contributed by atoms with Gasteiger partial charge < -0.3 is 5.32 Å². The number of carbonyl (C=O) groups is 1. The van der Waals surface area contributed by atoms with Gasteiger partial charge in [0, 0.05) is 28.7 Å². The molecule has 118 valence electrons. The summed E-state index contributed by atoms with van der Waals surface area (Å²) in [5.41, 5.74) is 0.118. The molecule has 23 heavy (non-hydrogen) atoms. The summed E-state index contributed by atoms with van der Waals surface area (Å²) in [6.07, 6.45) is 0. The fraction of sp³-hybridized carbons (Fsp3) is 0.0714. The Bertz CT molecular complexity index is 776. The van der Waals surface area contributed by atoms with Crippen molar-refractivity contribution in [2.45, 2.75) is 5.33 Å². The largest absolute Gasteiger partial charge is 0.346 e. The number of hydrogen-bond donors (Lipinski definition) is 1. The number of rotatable bonds is 5. The van der Waals surface area contributed by atoms with Crippen LogP contribution in [0.25, 0.3) is 0 Å². The lowest BCUT2D eigenvalue weighted by atomic mass is 10.1. The average Bonchev–Trinajstić information content (AvgIpc) is 2.54. The topological polar surface area (TPSA) is 115 Å². The fourth-order valence-corrected chi connectivity index (χ4v) is 2.22. The standard InChI is InChI=1S/C14H10BrN3O5/c15-8-9-1-4-11(5-2-9)16-14(19)10-3-6-12(17(20)21)13(7-10)18(22)23/h1-7H,8H2,(H,16,19). The highest BCUT2D eigenvalue weighted by Gasteiger charge is 2.25. The molecule has 0 aliphatic rings. The maximum atomic E-state index is 12.1. The van der Waals surface area contributed by atoms with Crippen LogP contribution in [0.5, 0.6) is 0 Å². The number of benzene rings is 2. The Balaban J connectivity index is 2.26. The Hall–Kier alpha value is -2.81. The predicted molar refractivity (Wildman–Crippen MR) is 86.8 cm³/mol. The maximum absolute atomic E-state index is 12.1. The molecule has 0 heterocycles. The van der Waals surface area contributed by atoms with E-state index in [0.717, 1.165) is 17.7 Å². The minimum absolute atomic E-state index is 0.0353. The lowest BCUT2D eigenvalue weighted by Gasteiger charge is -2.06. The molecule has 2 aromatic rings. The van der Waals surface area contributed by atoms with E-state index >= 15 is 0 Å². The Morgan fingerprint density at radius 1 is 1.00 bits per heavy atom. The van der Waals surface area contributed by atoms with E-state index in [1.165, 1.54) is 6.07 Å². The van der Waals surface area contributed by atoms with Gasteiger partial charge in [0.2, 0.25) is 0 Å². The Labute approximate surface area is 138 Å². The first-order valence-electron chi connectivity index (χ1n) is 6.31. The number of hydrogen-bond acceptors (Lipinski definition) is 5. The van der Waals surface area contributed by atoms with Crippen LogP contribution in [0.2, 0.25) is 0 Å². The van der Waals surface area contributed by atoms with Crippen LogP contribution in [-0.2, 0) is 5.33 Å². The zero-order chi connectivity index (χ0) is 17.0. The normalized spacial score (nSPS) is 10.1. The third kappa shape index (κ3) is 3.89. The van der Waals surface area contributed by atoms with Gasteiger partial charge in [-0.05, 0) is 23.8 Å². The van der Waals surface area contributed by atoms with Crippen molar-refractivity contribution < 1.29 is 14.6 Å². The van der Waals surface area contributed by atoms with Crippen molar-refractivity contribution in [3.8, 4) is 0 Å². The Morgan fingerprint density at radius 3 is 2.13 bits per heavy atom. The van der Waals surface area contributed by atoms with Gasteiger partial charge in [0.05, 0.1) is 9.85 Å². The zero-order valence-electron chi connectivity index (χ0n) is 11.6. The van der Waals surface area contributed by atoms with Crippen LogP contribution in [0.4, 0.5) is 17.1 Å². The van der Waals surface area contributed by atoms with Crippen molar-refractivity contribution in [3.05, 3.63) is 73.8 Å². The van der Waals surface area contributed by atoms with Crippen LogP contribution in [0.15, 0.2) is 42.5 Å². The maximum Gasteiger partial charge on any atom is 0.346 e. The Kier molecular flexibility index (Phi) is 5.02. The molecule has 0 fully saturated rings. The van der Waals surface area contributed by atoms with E-state index in [9.17, 15) is 25.0 Å². The van der Waals surface area contributed by atoms with Gasteiger partial charge in [0.25, 0.3) is 5.91 Å². The van der Waals surface area contributed by atoms with E-state index in [4.69, 9.17) is 0 Å². The quantitative estimate of drug-likeness (QED) is 0.483. The van der Waals surface area contributed by atoms with Crippen molar-refractivity contribution in [1.29, 1.82) is 0 Å². The lowest BCUT2D eigenvalue weighted by Crippen LogP contribution is -2.12. The number of carbonyl (C=O) groups excluding carboxylic acids is 1. The molecule has 0 atom stereocenters. The highest BCUT2D eigenvalue weighted by atomic mass is 79.9. The number of nitrogens with one attached hydrogen (secondary N) is 1. The van der Waals surface area contributed by atoms with Crippen LogP contribution in [-0.4, -0.2) is 15.8 Å². The summed E-state index contributed by atoms with van der Waals surface area (Å²) in [6, 6.07) is 10.0. The summed E-state index contributed by atoms with van der Waals surface area (Å²) in [5, 5.41) is 24.9. The van der Waals surface area contributed by atoms with Gasteiger partial charge in [-0.3, -0.25) is 25.0 Å². The molecule has 0 spiro atoms. The van der Waals surface area contributed by atoms with Crippen molar-refractivity contribution in [2.75, 3.05) is 5.32 Å². The number of anilines is 1. The molecule has 0 aliphatic heterocycles. The monoisotopic (exact) mass is 379 g/mol. The minimum atomic E-state index is -0.889. The molecule has 0 saturated carbocycles. The number of halogens is 1. The van der Waals surface area contributed by atoms with Gasteiger partial charge in [0.1, 0.15) is 0 Å². The van der Waals surface area contributed by atoms with Gasteiger partial charge in [-0.25, -0.2) is 0 Å². The van der Waals surface area contributed by atoms with E-state index in [2.05, 4.69) is 21.2 Å². The molecule has 2 rings (SSSR count). The average molecular weight is 380 g/mol. The summed E-state index contributed by atoms with van der Waals surface area (Å²) >= 11 is 3.30. The molecule has 0 unspecified atom stereocenters.